The van der Waals surface area contributed by atoms with Crippen LogP contribution in [0.2, 0.25) is 5.02 Å². The number of benzene rings is 2. The van der Waals surface area contributed by atoms with Crippen LogP contribution in [-0.4, -0.2) is 20.3 Å². The Hall–Kier alpha value is -2.40. The molecule has 6 heteroatoms. The lowest BCUT2D eigenvalue weighted by Crippen LogP contribution is -2.20. The lowest BCUT2D eigenvalue weighted by atomic mass is 10.2. The van der Waals surface area contributed by atoms with Gasteiger partial charge in [0.25, 0.3) is 0 Å². The average Bonchev–Trinajstić information content (AvgIpc) is 2.50. The topological polar surface area (TPSA) is 59.6 Å². The first-order valence-corrected chi connectivity index (χ1v) is 6.97. The Morgan fingerprint density at radius 2 is 1.68 bits per heavy atom. The van der Waals surface area contributed by atoms with Gasteiger partial charge >= 0.3 is 6.03 Å². The molecule has 2 aromatic carbocycles. The fourth-order valence-corrected chi connectivity index (χ4v) is 2.17. The summed E-state index contributed by atoms with van der Waals surface area (Å²) in [5.74, 6) is 1.17. The molecule has 0 aromatic heterocycles. The molecule has 0 aliphatic carbocycles. The van der Waals surface area contributed by atoms with Crippen LogP contribution in [0.5, 0.6) is 11.5 Å². The Morgan fingerprint density at radius 3 is 2.32 bits per heavy atom. The summed E-state index contributed by atoms with van der Waals surface area (Å²) in [6.07, 6.45) is 0. The van der Waals surface area contributed by atoms with Crippen LogP contribution < -0.4 is 20.1 Å². The molecule has 0 fully saturated rings. The van der Waals surface area contributed by atoms with Crippen LogP contribution in [0, 0.1) is 6.92 Å². The largest absolute Gasteiger partial charge is 0.497 e. The minimum atomic E-state index is -0.367. The first kappa shape index (κ1) is 16.0. The van der Waals surface area contributed by atoms with Crippen LogP contribution >= 0.6 is 11.6 Å². The number of nitrogens with one attached hydrogen (secondary N) is 2. The molecule has 2 amide bonds. The highest BCUT2D eigenvalue weighted by molar-refractivity contribution is 6.30. The van der Waals surface area contributed by atoms with E-state index in [2.05, 4.69) is 10.6 Å². The predicted molar refractivity (Wildman–Crippen MR) is 88.4 cm³/mol. The molecule has 2 N–H and O–H groups in total. The number of anilines is 2. The summed E-state index contributed by atoms with van der Waals surface area (Å²) in [7, 11) is 3.10. The fraction of sp³-hybridized carbons (Fsp3) is 0.188. The lowest BCUT2D eigenvalue weighted by molar-refractivity contribution is 0.262. The Balaban J connectivity index is 2.12. The lowest BCUT2D eigenvalue weighted by Gasteiger charge is -2.13. The van der Waals surface area contributed by atoms with Gasteiger partial charge in [-0.2, -0.15) is 0 Å². The van der Waals surface area contributed by atoms with Crippen LogP contribution in [0.25, 0.3) is 0 Å². The molecule has 22 heavy (non-hydrogen) atoms. The molecule has 116 valence electrons. The second kappa shape index (κ2) is 7.04. The quantitative estimate of drug-likeness (QED) is 0.882. The van der Waals surface area contributed by atoms with Crippen molar-refractivity contribution in [3.63, 3.8) is 0 Å². The first-order chi connectivity index (χ1) is 10.5. The van der Waals surface area contributed by atoms with Gasteiger partial charge in [-0.1, -0.05) is 11.6 Å². The number of halogens is 1. The van der Waals surface area contributed by atoms with E-state index in [9.17, 15) is 4.79 Å². The molecule has 0 unspecified atom stereocenters. The highest BCUT2D eigenvalue weighted by Gasteiger charge is 2.10. The molecule has 0 spiro atoms. The summed E-state index contributed by atoms with van der Waals surface area (Å²) >= 11 is 5.89. The van der Waals surface area contributed by atoms with E-state index in [4.69, 9.17) is 21.1 Å². The van der Waals surface area contributed by atoms with Crippen molar-refractivity contribution >= 4 is 29.0 Å². The highest BCUT2D eigenvalue weighted by Crippen LogP contribution is 2.29. The van der Waals surface area contributed by atoms with Crippen molar-refractivity contribution in [2.75, 3.05) is 24.9 Å². The van der Waals surface area contributed by atoms with E-state index in [-0.39, 0.29) is 6.03 Å². The number of methoxy groups -OCH3 is 2. The standard InChI is InChI=1S/C16H17ClN2O3/c1-10-8-11(17)4-6-13(10)18-16(20)19-14-7-5-12(21-2)9-15(14)22-3/h4-9H,1-3H3,(H2,18,19,20). The van der Waals surface area contributed by atoms with E-state index in [1.165, 1.54) is 7.11 Å². The summed E-state index contributed by atoms with van der Waals surface area (Å²) in [6, 6.07) is 10.0. The molecule has 2 aromatic rings. The van der Waals surface area contributed by atoms with Crippen molar-refractivity contribution in [1.29, 1.82) is 0 Å². The SMILES string of the molecule is COc1ccc(NC(=O)Nc2ccc(Cl)cc2C)c(OC)c1. The van der Waals surface area contributed by atoms with Gasteiger partial charge in [0, 0.05) is 16.8 Å². The van der Waals surface area contributed by atoms with Gasteiger partial charge in [0.1, 0.15) is 11.5 Å². The highest BCUT2D eigenvalue weighted by atomic mass is 35.5. The second-order valence-electron chi connectivity index (χ2n) is 4.60. The van der Waals surface area contributed by atoms with Crippen LogP contribution in [0.4, 0.5) is 16.2 Å². The molecule has 0 aliphatic rings. The summed E-state index contributed by atoms with van der Waals surface area (Å²) in [6.45, 7) is 1.87. The second-order valence-corrected chi connectivity index (χ2v) is 5.04. The number of ether oxygens (including phenoxy) is 2. The smallest absolute Gasteiger partial charge is 0.323 e. The number of hydrogen-bond donors (Lipinski definition) is 2. The Bertz CT molecular complexity index is 689. The van der Waals surface area contributed by atoms with E-state index in [0.717, 1.165) is 5.56 Å². The van der Waals surface area contributed by atoms with Crippen LogP contribution in [0.1, 0.15) is 5.56 Å². The third kappa shape index (κ3) is 3.83. The molecule has 0 bridgehead atoms. The Kier molecular flexibility index (Phi) is 5.12. The van der Waals surface area contributed by atoms with Crippen molar-refractivity contribution in [1.82, 2.24) is 0 Å². The molecular formula is C16H17ClN2O3. The van der Waals surface area contributed by atoms with Gasteiger partial charge < -0.3 is 20.1 Å². The van der Waals surface area contributed by atoms with Crippen LogP contribution in [0.15, 0.2) is 36.4 Å². The molecular weight excluding hydrogens is 304 g/mol. The minimum Gasteiger partial charge on any atom is -0.497 e. The van der Waals surface area contributed by atoms with E-state index in [0.29, 0.717) is 27.9 Å². The molecule has 5 nitrogen and oxygen atoms in total. The fourth-order valence-electron chi connectivity index (χ4n) is 1.94. The molecule has 0 saturated heterocycles. The number of carbonyl (C=O) groups is 1. The zero-order valence-corrected chi connectivity index (χ0v) is 13.3. The third-order valence-electron chi connectivity index (χ3n) is 3.09. The zero-order chi connectivity index (χ0) is 16.1. The van der Waals surface area contributed by atoms with Crippen molar-refractivity contribution in [2.24, 2.45) is 0 Å². The van der Waals surface area contributed by atoms with E-state index in [1.807, 2.05) is 6.92 Å². The summed E-state index contributed by atoms with van der Waals surface area (Å²) < 4.78 is 10.4. The maximum Gasteiger partial charge on any atom is 0.323 e. The van der Waals surface area contributed by atoms with Crippen LogP contribution in [0.3, 0.4) is 0 Å². The average molecular weight is 321 g/mol. The zero-order valence-electron chi connectivity index (χ0n) is 12.6. The van der Waals surface area contributed by atoms with Gasteiger partial charge in [0.15, 0.2) is 0 Å². The maximum absolute atomic E-state index is 12.1. The normalized spacial score (nSPS) is 10.0. The van der Waals surface area contributed by atoms with Gasteiger partial charge in [0.2, 0.25) is 0 Å². The predicted octanol–water partition coefficient (Wildman–Crippen LogP) is 4.31. The number of urea groups is 1. The number of aryl methyl sites for hydroxylation is 1. The molecule has 0 saturated carbocycles. The Labute approximate surface area is 134 Å². The van der Waals surface area contributed by atoms with E-state index < -0.39 is 0 Å². The Morgan fingerprint density at radius 1 is 1.00 bits per heavy atom. The van der Waals surface area contributed by atoms with E-state index in [1.54, 1.807) is 43.5 Å². The minimum absolute atomic E-state index is 0.367. The summed E-state index contributed by atoms with van der Waals surface area (Å²) in [5.41, 5.74) is 2.12. The summed E-state index contributed by atoms with van der Waals surface area (Å²) in [4.78, 5) is 12.1. The number of hydrogen-bond acceptors (Lipinski definition) is 3. The number of rotatable bonds is 4. The van der Waals surface area contributed by atoms with Crippen molar-refractivity contribution in [3.05, 3.63) is 47.0 Å². The van der Waals surface area contributed by atoms with Crippen molar-refractivity contribution in [3.8, 4) is 11.5 Å². The third-order valence-corrected chi connectivity index (χ3v) is 3.33. The van der Waals surface area contributed by atoms with Gasteiger partial charge in [-0.15, -0.1) is 0 Å². The summed E-state index contributed by atoms with van der Waals surface area (Å²) in [5, 5.41) is 6.14. The van der Waals surface area contributed by atoms with Gasteiger partial charge in [0.05, 0.1) is 19.9 Å². The van der Waals surface area contributed by atoms with Gasteiger partial charge in [-0.05, 0) is 42.8 Å². The van der Waals surface area contributed by atoms with E-state index >= 15 is 0 Å². The first-order valence-electron chi connectivity index (χ1n) is 6.59. The number of carbonyl (C=O) groups excluding carboxylic acids is 1. The molecule has 0 heterocycles. The maximum atomic E-state index is 12.1. The molecule has 2 rings (SSSR count). The molecule has 0 aliphatic heterocycles. The van der Waals surface area contributed by atoms with Crippen molar-refractivity contribution in [2.45, 2.75) is 6.92 Å². The number of amides is 2. The van der Waals surface area contributed by atoms with Gasteiger partial charge in [-0.3, -0.25) is 0 Å². The molecule has 0 radical (unpaired) electrons. The molecule has 0 atom stereocenters. The monoisotopic (exact) mass is 320 g/mol. The van der Waals surface area contributed by atoms with Gasteiger partial charge in [-0.25, -0.2) is 4.79 Å². The van der Waals surface area contributed by atoms with Crippen LogP contribution in [-0.2, 0) is 0 Å². The van der Waals surface area contributed by atoms with Crippen molar-refractivity contribution < 1.29 is 14.3 Å².